The monoisotopic (exact) mass is 355 g/mol. The highest BCUT2D eigenvalue weighted by Gasteiger charge is 2.32. The molecule has 3 aromatic heterocycles. The minimum Gasteiger partial charge on any atom is -0.467 e. The van der Waals surface area contributed by atoms with E-state index in [4.69, 9.17) is 9.15 Å². The molecule has 1 N–H and O–H groups in total. The predicted octanol–water partition coefficient (Wildman–Crippen LogP) is 2.23. The predicted molar refractivity (Wildman–Crippen MR) is 93.6 cm³/mol. The summed E-state index contributed by atoms with van der Waals surface area (Å²) in [7, 11) is 1.90. The number of furan rings is 1. The molecule has 0 spiro atoms. The number of nitrogens with one attached hydrogen (secondary N) is 1. The third-order valence-electron chi connectivity index (χ3n) is 4.83. The Kier molecular flexibility index (Phi) is 4.12. The average molecular weight is 355 g/mol. The summed E-state index contributed by atoms with van der Waals surface area (Å²) in [5.41, 5.74) is 4.01. The van der Waals surface area contributed by atoms with Crippen molar-refractivity contribution in [3.05, 3.63) is 47.3 Å². The van der Waals surface area contributed by atoms with Crippen LogP contribution in [0.15, 0.2) is 28.9 Å². The topological polar surface area (TPSA) is 89.2 Å². The van der Waals surface area contributed by atoms with E-state index >= 15 is 0 Å². The quantitative estimate of drug-likeness (QED) is 0.778. The first-order valence-electron chi connectivity index (χ1n) is 8.54. The fraction of sp³-hybridized carbons (Fsp3) is 0.389. The van der Waals surface area contributed by atoms with Gasteiger partial charge in [0.2, 0.25) is 0 Å². The second kappa shape index (κ2) is 6.45. The molecular weight excluding hydrogens is 334 g/mol. The van der Waals surface area contributed by atoms with Crippen LogP contribution in [0, 0.1) is 13.8 Å². The number of hydrogen-bond acceptors (Lipinski definition) is 5. The van der Waals surface area contributed by atoms with E-state index in [1.54, 1.807) is 17.2 Å². The molecule has 0 aromatic carbocycles. The van der Waals surface area contributed by atoms with Crippen molar-refractivity contribution in [3.63, 3.8) is 0 Å². The molecule has 0 saturated carbocycles. The second-order valence-electron chi connectivity index (χ2n) is 6.44. The van der Waals surface area contributed by atoms with Crippen LogP contribution in [0.3, 0.4) is 0 Å². The van der Waals surface area contributed by atoms with Crippen molar-refractivity contribution in [2.45, 2.75) is 19.9 Å². The van der Waals surface area contributed by atoms with Gasteiger partial charge < -0.3 is 14.1 Å². The number of morpholine rings is 1. The molecule has 0 aliphatic carbocycles. The lowest BCUT2D eigenvalue weighted by atomic mass is 10.1. The zero-order valence-electron chi connectivity index (χ0n) is 15.0. The number of H-pyrrole nitrogens is 1. The van der Waals surface area contributed by atoms with Crippen LogP contribution in [0.5, 0.6) is 0 Å². The fourth-order valence-corrected chi connectivity index (χ4v) is 3.42. The molecule has 136 valence electrons. The Labute approximate surface area is 150 Å². The van der Waals surface area contributed by atoms with E-state index in [9.17, 15) is 4.79 Å². The first-order chi connectivity index (χ1) is 12.6. The van der Waals surface area contributed by atoms with Crippen LogP contribution < -0.4 is 0 Å². The maximum Gasteiger partial charge on any atom is 0.272 e. The van der Waals surface area contributed by atoms with Crippen LogP contribution in [0.1, 0.15) is 33.7 Å². The fourth-order valence-electron chi connectivity index (χ4n) is 3.42. The molecule has 0 radical (unpaired) electrons. The lowest BCUT2D eigenvalue weighted by molar-refractivity contribution is -0.00905. The molecule has 8 heteroatoms. The Morgan fingerprint density at radius 1 is 1.38 bits per heavy atom. The number of hydrogen-bond donors (Lipinski definition) is 1. The zero-order valence-corrected chi connectivity index (χ0v) is 15.0. The summed E-state index contributed by atoms with van der Waals surface area (Å²) >= 11 is 0. The van der Waals surface area contributed by atoms with Gasteiger partial charge in [0.1, 0.15) is 17.5 Å². The molecule has 0 bridgehead atoms. The summed E-state index contributed by atoms with van der Waals surface area (Å²) in [6.45, 7) is 5.35. The van der Waals surface area contributed by atoms with Crippen molar-refractivity contribution in [3.8, 4) is 11.3 Å². The maximum absolute atomic E-state index is 13.1. The molecule has 1 aliphatic heterocycles. The molecule has 1 amide bonds. The first-order valence-corrected chi connectivity index (χ1v) is 8.54. The van der Waals surface area contributed by atoms with Gasteiger partial charge in [-0.3, -0.25) is 14.6 Å². The van der Waals surface area contributed by atoms with Gasteiger partial charge in [0.05, 0.1) is 30.9 Å². The Hall–Kier alpha value is -2.87. The minimum absolute atomic E-state index is 0.118. The largest absolute Gasteiger partial charge is 0.467 e. The number of rotatable bonds is 3. The van der Waals surface area contributed by atoms with Gasteiger partial charge in [0.25, 0.3) is 5.91 Å². The van der Waals surface area contributed by atoms with Gasteiger partial charge in [-0.15, -0.1) is 0 Å². The highest BCUT2D eigenvalue weighted by molar-refractivity contribution is 5.94. The number of aromatic amines is 1. The molecular formula is C18H21N5O3. The van der Waals surface area contributed by atoms with Gasteiger partial charge in [0, 0.05) is 24.8 Å². The lowest BCUT2D eigenvalue weighted by Gasteiger charge is -2.33. The Morgan fingerprint density at radius 3 is 2.92 bits per heavy atom. The average Bonchev–Trinajstić information content (AvgIpc) is 3.37. The Bertz CT molecular complexity index is 925. The van der Waals surface area contributed by atoms with Crippen molar-refractivity contribution >= 4 is 5.91 Å². The SMILES string of the molecule is Cc1nn(C)c(C)c1-c1cc(C(=O)N2CCOCC2c2ccco2)[nH]n1. The van der Waals surface area contributed by atoms with Crippen LogP contribution >= 0.6 is 0 Å². The van der Waals surface area contributed by atoms with Gasteiger partial charge in [-0.2, -0.15) is 10.2 Å². The summed E-state index contributed by atoms with van der Waals surface area (Å²) in [4.78, 5) is 14.8. The van der Waals surface area contributed by atoms with Crippen LogP contribution in [0.2, 0.25) is 0 Å². The Balaban J connectivity index is 1.63. The molecule has 1 unspecified atom stereocenters. The lowest BCUT2D eigenvalue weighted by Crippen LogP contribution is -2.43. The van der Waals surface area contributed by atoms with Crippen LogP contribution in [-0.2, 0) is 11.8 Å². The third-order valence-corrected chi connectivity index (χ3v) is 4.83. The molecule has 8 nitrogen and oxygen atoms in total. The minimum atomic E-state index is -0.236. The van der Waals surface area contributed by atoms with Crippen molar-refractivity contribution in [1.29, 1.82) is 0 Å². The number of aryl methyl sites for hydroxylation is 2. The number of carbonyl (C=O) groups is 1. The van der Waals surface area contributed by atoms with Gasteiger partial charge in [-0.05, 0) is 32.0 Å². The number of aromatic nitrogens is 4. The molecule has 4 rings (SSSR count). The van der Waals surface area contributed by atoms with Crippen LogP contribution in [0.4, 0.5) is 0 Å². The number of carbonyl (C=O) groups excluding carboxylic acids is 1. The van der Waals surface area contributed by atoms with Gasteiger partial charge in [0.15, 0.2) is 0 Å². The van der Waals surface area contributed by atoms with E-state index in [0.29, 0.717) is 25.5 Å². The summed E-state index contributed by atoms with van der Waals surface area (Å²) in [6.07, 6.45) is 1.61. The van der Waals surface area contributed by atoms with Crippen molar-refractivity contribution < 1.29 is 13.9 Å². The molecule has 1 saturated heterocycles. The van der Waals surface area contributed by atoms with Gasteiger partial charge in [-0.25, -0.2) is 0 Å². The van der Waals surface area contributed by atoms with E-state index in [-0.39, 0.29) is 11.9 Å². The molecule has 1 aliphatic rings. The second-order valence-corrected chi connectivity index (χ2v) is 6.44. The highest BCUT2D eigenvalue weighted by Crippen LogP contribution is 2.28. The third kappa shape index (κ3) is 2.72. The standard InChI is InChI=1S/C18H21N5O3/c1-11-17(12(2)22(3)21-11)13-9-14(20-19-13)18(24)23-6-8-25-10-15(23)16-5-4-7-26-16/h4-5,7,9,15H,6,8,10H2,1-3H3,(H,19,20). The molecule has 1 atom stereocenters. The first kappa shape index (κ1) is 16.6. The summed E-state index contributed by atoms with van der Waals surface area (Å²) < 4.78 is 12.8. The summed E-state index contributed by atoms with van der Waals surface area (Å²) in [6, 6.07) is 5.23. The molecule has 26 heavy (non-hydrogen) atoms. The van der Waals surface area contributed by atoms with Crippen molar-refractivity contribution in [2.75, 3.05) is 19.8 Å². The van der Waals surface area contributed by atoms with E-state index in [2.05, 4.69) is 15.3 Å². The molecule has 3 aromatic rings. The van der Waals surface area contributed by atoms with E-state index < -0.39 is 0 Å². The summed E-state index contributed by atoms with van der Waals surface area (Å²) in [5, 5.41) is 11.6. The van der Waals surface area contributed by atoms with Crippen LogP contribution in [-0.4, -0.2) is 50.5 Å². The van der Waals surface area contributed by atoms with Gasteiger partial charge in [-0.1, -0.05) is 0 Å². The number of nitrogens with zero attached hydrogens (tertiary/aromatic N) is 4. The number of amides is 1. The molecule has 1 fully saturated rings. The highest BCUT2D eigenvalue weighted by atomic mass is 16.5. The van der Waals surface area contributed by atoms with E-state index in [0.717, 1.165) is 28.4 Å². The normalized spacial score (nSPS) is 17.7. The maximum atomic E-state index is 13.1. The zero-order chi connectivity index (χ0) is 18.3. The van der Waals surface area contributed by atoms with Crippen molar-refractivity contribution in [2.24, 2.45) is 7.05 Å². The van der Waals surface area contributed by atoms with E-state index in [1.165, 1.54) is 0 Å². The summed E-state index contributed by atoms with van der Waals surface area (Å²) in [5.74, 6) is 0.601. The number of ether oxygens (including phenoxy) is 1. The van der Waals surface area contributed by atoms with Gasteiger partial charge >= 0.3 is 0 Å². The smallest absolute Gasteiger partial charge is 0.272 e. The Morgan fingerprint density at radius 2 is 2.23 bits per heavy atom. The van der Waals surface area contributed by atoms with E-state index in [1.807, 2.05) is 37.7 Å². The van der Waals surface area contributed by atoms with Crippen LogP contribution in [0.25, 0.3) is 11.3 Å². The van der Waals surface area contributed by atoms with Crippen molar-refractivity contribution in [1.82, 2.24) is 24.9 Å². The molecule has 4 heterocycles.